The molecule has 1 fully saturated rings. The number of anilines is 2. The summed E-state index contributed by atoms with van der Waals surface area (Å²) in [4.78, 5) is 20.8. The lowest BCUT2D eigenvalue weighted by atomic mass is 10.0. The Bertz CT molecular complexity index is 1340. The molecule has 0 unspecified atom stereocenters. The van der Waals surface area contributed by atoms with Crippen LogP contribution in [-0.2, 0) is 0 Å². The van der Waals surface area contributed by atoms with E-state index >= 15 is 4.39 Å². The molecule has 1 atom stereocenters. The molecule has 3 aromatic heterocycles. The number of rotatable bonds is 4. The van der Waals surface area contributed by atoms with E-state index in [1.807, 2.05) is 4.68 Å². The average molecular weight is 466 g/mol. The fourth-order valence-electron chi connectivity index (χ4n) is 4.13. The van der Waals surface area contributed by atoms with Crippen LogP contribution in [0.3, 0.4) is 0 Å². The molecule has 0 aliphatic carbocycles. The smallest absolute Gasteiger partial charge is 0.256 e. The van der Waals surface area contributed by atoms with Gasteiger partial charge in [-0.15, -0.1) is 0 Å². The SMILES string of the molecule is Nc1ncc(Cl)c2c1c(-c1ccc(C(=O)Nc3ccccn3)cc1F)nn2[C@@H]1CCCNC1. The van der Waals surface area contributed by atoms with Crippen molar-refractivity contribution in [3.8, 4) is 11.3 Å². The highest BCUT2D eigenvalue weighted by Gasteiger charge is 2.26. The topological polar surface area (TPSA) is 111 Å². The molecule has 4 aromatic rings. The normalized spacial score (nSPS) is 16.1. The molecule has 10 heteroatoms. The van der Waals surface area contributed by atoms with Crippen molar-refractivity contribution < 1.29 is 9.18 Å². The number of hydrogen-bond donors (Lipinski definition) is 3. The third kappa shape index (κ3) is 4.01. The number of halogens is 2. The molecule has 0 saturated carbocycles. The van der Waals surface area contributed by atoms with Crippen molar-refractivity contribution in [2.45, 2.75) is 18.9 Å². The van der Waals surface area contributed by atoms with Gasteiger partial charge in [0, 0.05) is 23.9 Å². The summed E-state index contributed by atoms with van der Waals surface area (Å²) < 4.78 is 17.1. The second kappa shape index (κ2) is 8.76. The van der Waals surface area contributed by atoms with Crippen molar-refractivity contribution in [1.82, 2.24) is 25.1 Å². The van der Waals surface area contributed by atoms with Crippen molar-refractivity contribution in [3.63, 3.8) is 0 Å². The molecular weight excluding hydrogens is 445 g/mol. The molecule has 4 heterocycles. The fourth-order valence-corrected chi connectivity index (χ4v) is 4.36. The first-order chi connectivity index (χ1) is 16.0. The second-order valence-electron chi connectivity index (χ2n) is 7.87. The highest BCUT2D eigenvalue weighted by Crippen LogP contribution is 2.38. The van der Waals surface area contributed by atoms with E-state index in [1.165, 1.54) is 24.4 Å². The lowest BCUT2D eigenvalue weighted by Crippen LogP contribution is -2.32. The van der Waals surface area contributed by atoms with E-state index in [4.69, 9.17) is 22.4 Å². The summed E-state index contributed by atoms with van der Waals surface area (Å²) in [5, 5.41) is 11.6. The van der Waals surface area contributed by atoms with Crippen molar-refractivity contribution in [3.05, 3.63) is 65.2 Å². The van der Waals surface area contributed by atoms with Crippen molar-refractivity contribution >= 4 is 40.0 Å². The predicted octanol–water partition coefficient (Wildman–Crippen LogP) is 4.04. The molecule has 1 aliphatic heterocycles. The highest BCUT2D eigenvalue weighted by atomic mass is 35.5. The van der Waals surface area contributed by atoms with Crippen LogP contribution in [-0.4, -0.2) is 38.7 Å². The Morgan fingerprint density at radius 2 is 2.15 bits per heavy atom. The Labute approximate surface area is 194 Å². The maximum absolute atomic E-state index is 15.3. The number of nitrogen functional groups attached to an aromatic ring is 1. The number of hydrogen-bond acceptors (Lipinski definition) is 6. The fraction of sp³-hybridized carbons (Fsp3) is 0.217. The molecular formula is C23H21ClFN7O. The van der Waals surface area contributed by atoms with Gasteiger partial charge in [0.05, 0.1) is 28.2 Å². The third-order valence-corrected chi connectivity index (χ3v) is 6.00. The van der Waals surface area contributed by atoms with Gasteiger partial charge in [0.15, 0.2) is 0 Å². The zero-order valence-corrected chi connectivity index (χ0v) is 18.3. The van der Waals surface area contributed by atoms with Crippen LogP contribution in [0.15, 0.2) is 48.8 Å². The minimum Gasteiger partial charge on any atom is -0.383 e. The van der Waals surface area contributed by atoms with Gasteiger partial charge >= 0.3 is 0 Å². The Morgan fingerprint density at radius 1 is 1.27 bits per heavy atom. The highest BCUT2D eigenvalue weighted by molar-refractivity contribution is 6.35. The van der Waals surface area contributed by atoms with E-state index in [-0.39, 0.29) is 23.0 Å². The third-order valence-electron chi connectivity index (χ3n) is 5.72. The van der Waals surface area contributed by atoms with Gasteiger partial charge < -0.3 is 16.4 Å². The first-order valence-corrected chi connectivity index (χ1v) is 11.0. The Hall–Kier alpha value is -3.56. The number of carbonyl (C=O) groups excluding carboxylic acids is 1. The van der Waals surface area contributed by atoms with Crippen LogP contribution in [0.4, 0.5) is 16.0 Å². The Kier molecular flexibility index (Phi) is 5.65. The first-order valence-electron chi connectivity index (χ1n) is 10.6. The number of amides is 1. The van der Waals surface area contributed by atoms with Gasteiger partial charge in [-0.2, -0.15) is 5.10 Å². The number of fused-ring (bicyclic) bond motifs is 1. The van der Waals surface area contributed by atoms with Gasteiger partial charge in [0.2, 0.25) is 0 Å². The molecule has 4 N–H and O–H groups in total. The monoisotopic (exact) mass is 465 g/mol. The first kappa shape index (κ1) is 21.3. The van der Waals surface area contributed by atoms with E-state index in [1.54, 1.807) is 24.4 Å². The van der Waals surface area contributed by atoms with E-state index in [2.05, 4.69) is 20.6 Å². The van der Waals surface area contributed by atoms with Gasteiger partial charge in [-0.25, -0.2) is 14.4 Å². The zero-order chi connectivity index (χ0) is 22.9. The summed E-state index contributed by atoms with van der Waals surface area (Å²) >= 11 is 6.49. The average Bonchev–Trinajstić information content (AvgIpc) is 3.24. The molecule has 0 radical (unpaired) electrons. The molecule has 0 spiro atoms. The van der Waals surface area contributed by atoms with E-state index in [0.717, 1.165) is 25.9 Å². The van der Waals surface area contributed by atoms with Crippen molar-refractivity contribution in [2.24, 2.45) is 0 Å². The van der Waals surface area contributed by atoms with Crippen LogP contribution in [0.5, 0.6) is 0 Å². The Morgan fingerprint density at radius 3 is 2.88 bits per heavy atom. The molecule has 0 bridgehead atoms. The molecule has 5 rings (SSSR count). The lowest BCUT2D eigenvalue weighted by molar-refractivity contribution is 0.102. The van der Waals surface area contributed by atoms with Gasteiger partial charge in [0.1, 0.15) is 23.1 Å². The van der Waals surface area contributed by atoms with Crippen LogP contribution in [0.2, 0.25) is 5.02 Å². The van der Waals surface area contributed by atoms with E-state index in [9.17, 15) is 4.79 Å². The number of nitrogens with two attached hydrogens (primary N) is 1. The second-order valence-corrected chi connectivity index (χ2v) is 8.28. The molecule has 1 amide bonds. The summed E-state index contributed by atoms with van der Waals surface area (Å²) in [5.74, 6) is -0.467. The quantitative estimate of drug-likeness (QED) is 0.419. The minimum atomic E-state index is -0.601. The molecule has 1 saturated heterocycles. The molecule has 8 nitrogen and oxygen atoms in total. The van der Waals surface area contributed by atoms with Crippen molar-refractivity contribution in [1.29, 1.82) is 0 Å². The number of aromatic nitrogens is 4. The number of carbonyl (C=O) groups is 1. The summed E-state index contributed by atoms with van der Waals surface area (Å²) in [6.07, 6.45) is 4.95. The van der Waals surface area contributed by atoms with Gasteiger partial charge in [-0.1, -0.05) is 17.7 Å². The summed E-state index contributed by atoms with van der Waals surface area (Å²) in [6, 6.07) is 9.44. The van der Waals surface area contributed by atoms with Crippen molar-refractivity contribution in [2.75, 3.05) is 24.1 Å². The van der Waals surface area contributed by atoms with Gasteiger partial charge in [-0.05, 0) is 49.7 Å². The molecule has 1 aromatic carbocycles. The number of piperidine rings is 1. The predicted molar refractivity (Wildman–Crippen MR) is 126 cm³/mol. The van der Waals surface area contributed by atoms with Crippen LogP contribution in [0.25, 0.3) is 22.2 Å². The maximum Gasteiger partial charge on any atom is 0.256 e. The Balaban J connectivity index is 1.56. The number of pyridine rings is 2. The molecule has 33 heavy (non-hydrogen) atoms. The zero-order valence-electron chi connectivity index (χ0n) is 17.6. The number of nitrogens with zero attached hydrogens (tertiary/aromatic N) is 4. The standard InChI is InChI=1S/C23H21ClFN7O/c24-16-12-29-22(26)19-20(31-32(21(16)19)14-4-3-8-27-11-14)15-7-6-13(10-17(15)25)23(33)30-18-5-1-2-9-28-18/h1-2,5-7,9-10,12,14,27H,3-4,8,11H2,(H2,26,29)(H,28,30,33)/t14-/m1/s1. The van der Waals surface area contributed by atoms with Gasteiger partial charge in [0.25, 0.3) is 5.91 Å². The number of nitrogens with one attached hydrogen (secondary N) is 2. The van der Waals surface area contributed by atoms with Crippen LogP contribution < -0.4 is 16.4 Å². The largest absolute Gasteiger partial charge is 0.383 e. The summed E-state index contributed by atoms with van der Waals surface area (Å²) in [5.41, 5.74) is 7.54. The lowest BCUT2D eigenvalue weighted by Gasteiger charge is -2.24. The summed E-state index contributed by atoms with van der Waals surface area (Å²) in [6.45, 7) is 1.67. The van der Waals surface area contributed by atoms with Crippen LogP contribution in [0.1, 0.15) is 29.2 Å². The van der Waals surface area contributed by atoms with Crippen LogP contribution >= 0.6 is 11.6 Å². The maximum atomic E-state index is 15.3. The van der Waals surface area contributed by atoms with Gasteiger partial charge in [-0.3, -0.25) is 9.48 Å². The number of benzene rings is 1. The minimum absolute atomic E-state index is 0.0563. The van der Waals surface area contributed by atoms with E-state index < -0.39 is 11.7 Å². The van der Waals surface area contributed by atoms with Crippen LogP contribution in [0, 0.1) is 5.82 Å². The molecule has 168 valence electrons. The molecule has 1 aliphatic rings. The summed E-state index contributed by atoms with van der Waals surface area (Å²) in [7, 11) is 0. The van der Waals surface area contributed by atoms with E-state index in [0.29, 0.717) is 27.4 Å².